The lowest BCUT2D eigenvalue weighted by Gasteiger charge is -2.09. The summed E-state index contributed by atoms with van der Waals surface area (Å²) in [7, 11) is 0. The second-order valence-electron chi connectivity index (χ2n) is 5.83. The number of imidazole rings is 1. The van der Waals surface area contributed by atoms with Gasteiger partial charge in [-0.1, -0.05) is 35.9 Å². The van der Waals surface area contributed by atoms with Gasteiger partial charge in [0.15, 0.2) is 0 Å². The molecule has 2 N–H and O–H groups in total. The highest BCUT2D eigenvalue weighted by molar-refractivity contribution is 5.46. The molecule has 3 heteroatoms. The molecule has 0 spiro atoms. The summed E-state index contributed by atoms with van der Waals surface area (Å²) in [6.45, 7) is 6.22. The average Bonchev–Trinajstić information content (AvgIpc) is 2.75. The van der Waals surface area contributed by atoms with Crippen LogP contribution >= 0.6 is 0 Å². The molecule has 21 heavy (non-hydrogen) atoms. The molecule has 3 nitrogen and oxygen atoms in total. The molecule has 0 saturated carbocycles. The fourth-order valence-corrected chi connectivity index (χ4v) is 2.85. The van der Waals surface area contributed by atoms with Crippen LogP contribution < -0.4 is 5.73 Å². The van der Waals surface area contributed by atoms with Crippen molar-refractivity contribution in [2.75, 3.05) is 0 Å². The Labute approximate surface area is 125 Å². The number of aryl methyl sites for hydroxylation is 2. The van der Waals surface area contributed by atoms with E-state index >= 15 is 0 Å². The smallest absolute Gasteiger partial charge is 0.137 e. The molecule has 0 saturated heterocycles. The van der Waals surface area contributed by atoms with Gasteiger partial charge in [0.1, 0.15) is 5.65 Å². The second-order valence-corrected chi connectivity index (χ2v) is 5.83. The van der Waals surface area contributed by atoms with Crippen LogP contribution in [0.15, 0.2) is 42.6 Å². The molecule has 3 aromatic rings. The standard InChI is InChI=1S/C18H21N3/c1-12-5-4-6-15(9-12)10-16-18(14(3)19)21-11-13(2)7-8-17(21)20-16/h4-9,11,14H,10,19H2,1-3H3. The lowest BCUT2D eigenvalue weighted by molar-refractivity contribution is 0.754. The van der Waals surface area contributed by atoms with Crippen molar-refractivity contribution in [3.05, 3.63) is 70.7 Å². The van der Waals surface area contributed by atoms with Gasteiger partial charge in [-0.2, -0.15) is 0 Å². The van der Waals surface area contributed by atoms with E-state index in [0.29, 0.717) is 0 Å². The van der Waals surface area contributed by atoms with Crippen molar-refractivity contribution in [1.82, 2.24) is 9.38 Å². The molecule has 0 fully saturated rings. The first kappa shape index (κ1) is 13.8. The molecule has 0 aliphatic carbocycles. The van der Waals surface area contributed by atoms with Gasteiger partial charge in [0, 0.05) is 18.7 Å². The Balaban J connectivity index is 2.11. The summed E-state index contributed by atoms with van der Waals surface area (Å²) in [4.78, 5) is 4.78. The Hall–Kier alpha value is -2.13. The molecule has 1 atom stereocenters. The van der Waals surface area contributed by atoms with E-state index in [4.69, 9.17) is 10.7 Å². The SMILES string of the molecule is Cc1cccc(Cc2nc3ccc(C)cn3c2C(C)N)c1. The Morgan fingerprint density at radius 2 is 1.95 bits per heavy atom. The Morgan fingerprint density at radius 3 is 2.67 bits per heavy atom. The zero-order chi connectivity index (χ0) is 15.0. The Bertz CT molecular complexity index is 784. The van der Waals surface area contributed by atoms with Crippen molar-refractivity contribution in [3.8, 4) is 0 Å². The molecule has 0 aliphatic heterocycles. The van der Waals surface area contributed by atoms with E-state index in [0.717, 1.165) is 23.5 Å². The number of benzene rings is 1. The quantitative estimate of drug-likeness (QED) is 0.796. The fraction of sp³-hybridized carbons (Fsp3) is 0.278. The third kappa shape index (κ3) is 2.69. The van der Waals surface area contributed by atoms with Crippen molar-refractivity contribution < 1.29 is 0 Å². The van der Waals surface area contributed by atoms with E-state index in [-0.39, 0.29) is 6.04 Å². The van der Waals surface area contributed by atoms with Crippen LogP contribution in [-0.4, -0.2) is 9.38 Å². The topological polar surface area (TPSA) is 43.3 Å². The van der Waals surface area contributed by atoms with Crippen molar-refractivity contribution >= 4 is 5.65 Å². The first-order valence-electron chi connectivity index (χ1n) is 7.33. The van der Waals surface area contributed by atoms with Crippen molar-refractivity contribution in [2.45, 2.75) is 33.2 Å². The minimum Gasteiger partial charge on any atom is -0.323 e. The van der Waals surface area contributed by atoms with Crippen LogP contribution in [0.25, 0.3) is 5.65 Å². The summed E-state index contributed by atoms with van der Waals surface area (Å²) < 4.78 is 2.13. The summed E-state index contributed by atoms with van der Waals surface area (Å²) in [5.41, 5.74) is 13.1. The number of pyridine rings is 1. The number of rotatable bonds is 3. The summed E-state index contributed by atoms with van der Waals surface area (Å²) in [5.74, 6) is 0. The highest BCUT2D eigenvalue weighted by atomic mass is 15.0. The second kappa shape index (κ2) is 5.34. The summed E-state index contributed by atoms with van der Waals surface area (Å²) in [6, 6.07) is 12.7. The van der Waals surface area contributed by atoms with Crippen LogP contribution in [0.1, 0.15) is 41.0 Å². The van der Waals surface area contributed by atoms with Crippen LogP contribution in [0.4, 0.5) is 0 Å². The molecule has 1 unspecified atom stereocenters. The summed E-state index contributed by atoms with van der Waals surface area (Å²) >= 11 is 0. The van der Waals surface area contributed by atoms with Gasteiger partial charge in [-0.25, -0.2) is 4.98 Å². The molecule has 0 radical (unpaired) electrons. The molecule has 108 valence electrons. The number of hydrogen-bond donors (Lipinski definition) is 1. The molecule has 1 aromatic carbocycles. The molecule has 2 heterocycles. The molecule has 0 amide bonds. The number of nitrogens with zero attached hydrogens (tertiary/aromatic N) is 2. The number of aromatic nitrogens is 2. The van der Waals surface area contributed by atoms with Crippen LogP contribution in [-0.2, 0) is 6.42 Å². The zero-order valence-electron chi connectivity index (χ0n) is 12.8. The van der Waals surface area contributed by atoms with E-state index in [9.17, 15) is 0 Å². The maximum atomic E-state index is 6.20. The Morgan fingerprint density at radius 1 is 1.14 bits per heavy atom. The maximum Gasteiger partial charge on any atom is 0.137 e. The van der Waals surface area contributed by atoms with Gasteiger partial charge in [0.2, 0.25) is 0 Å². The average molecular weight is 279 g/mol. The lowest BCUT2D eigenvalue weighted by Crippen LogP contribution is -2.11. The predicted molar refractivity (Wildman–Crippen MR) is 86.5 cm³/mol. The minimum atomic E-state index is -0.0402. The van der Waals surface area contributed by atoms with Gasteiger partial charge in [-0.3, -0.25) is 0 Å². The largest absolute Gasteiger partial charge is 0.323 e. The first-order chi connectivity index (χ1) is 10.0. The lowest BCUT2D eigenvalue weighted by atomic mass is 10.0. The molecular formula is C18H21N3. The summed E-state index contributed by atoms with van der Waals surface area (Å²) in [5, 5.41) is 0. The monoisotopic (exact) mass is 279 g/mol. The highest BCUT2D eigenvalue weighted by Crippen LogP contribution is 2.22. The zero-order valence-corrected chi connectivity index (χ0v) is 12.8. The van der Waals surface area contributed by atoms with E-state index in [1.165, 1.54) is 16.7 Å². The van der Waals surface area contributed by atoms with Crippen LogP contribution in [0.3, 0.4) is 0 Å². The predicted octanol–water partition coefficient (Wildman–Crippen LogP) is 3.56. The van der Waals surface area contributed by atoms with Crippen molar-refractivity contribution in [1.29, 1.82) is 0 Å². The van der Waals surface area contributed by atoms with E-state index < -0.39 is 0 Å². The number of hydrogen-bond acceptors (Lipinski definition) is 2. The van der Waals surface area contributed by atoms with Gasteiger partial charge in [0.05, 0.1) is 11.4 Å². The van der Waals surface area contributed by atoms with Gasteiger partial charge >= 0.3 is 0 Å². The maximum absolute atomic E-state index is 6.20. The first-order valence-corrected chi connectivity index (χ1v) is 7.33. The molecule has 3 rings (SSSR count). The van der Waals surface area contributed by atoms with Crippen LogP contribution in [0, 0.1) is 13.8 Å². The summed E-state index contributed by atoms with van der Waals surface area (Å²) in [6.07, 6.45) is 2.93. The Kier molecular flexibility index (Phi) is 3.52. The van der Waals surface area contributed by atoms with E-state index in [1.54, 1.807) is 0 Å². The number of nitrogens with two attached hydrogens (primary N) is 1. The fourth-order valence-electron chi connectivity index (χ4n) is 2.85. The molecule has 0 bridgehead atoms. The minimum absolute atomic E-state index is 0.0402. The van der Waals surface area contributed by atoms with Crippen molar-refractivity contribution in [3.63, 3.8) is 0 Å². The molecule has 2 aromatic heterocycles. The van der Waals surface area contributed by atoms with Gasteiger partial charge in [-0.15, -0.1) is 0 Å². The van der Waals surface area contributed by atoms with E-state index in [1.807, 2.05) is 6.92 Å². The molecule has 0 aliphatic rings. The van der Waals surface area contributed by atoms with Crippen LogP contribution in [0.2, 0.25) is 0 Å². The third-order valence-electron chi connectivity index (χ3n) is 3.76. The normalized spacial score (nSPS) is 12.8. The van der Waals surface area contributed by atoms with Crippen molar-refractivity contribution in [2.24, 2.45) is 5.73 Å². The van der Waals surface area contributed by atoms with E-state index in [2.05, 4.69) is 60.8 Å². The molecular weight excluding hydrogens is 258 g/mol. The van der Waals surface area contributed by atoms with Gasteiger partial charge in [0.25, 0.3) is 0 Å². The van der Waals surface area contributed by atoms with Gasteiger partial charge < -0.3 is 10.1 Å². The number of fused-ring (bicyclic) bond motifs is 1. The van der Waals surface area contributed by atoms with Gasteiger partial charge in [-0.05, 0) is 38.0 Å². The third-order valence-corrected chi connectivity index (χ3v) is 3.76. The highest BCUT2D eigenvalue weighted by Gasteiger charge is 2.16. The van der Waals surface area contributed by atoms with Crippen LogP contribution in [0.5, 0.6) is 0 Å².